The van der Waals surface area contributed by atoms with E-state index in [4.69, 9.17) is 23.8 Å². The van der Waals surface area contributed by atoms with E-state index in [-0.39, 0.29) is 5.02 Å². The molecule has 1 N–H and O–H groups in total. The van der Waals surface area contributed by atoms with Gasteiger partial charge in [0, 0.05) is 16.3 Å². The third-order valence-corrected chi connectivity index (χ3v) is 6.32. The van der Waals surface area contributed by atoms with Crippen molar-refractivity contribution >= 4 is 33.7 Å². The maximum absolute atomic E-state index is 14.7. The lowest BCUT2D eigenvalue weighted by atomic mass is 10.1. The Balaban J connectivity index is 2.02. The molecule has 0 saturated carbocycles. The van der Waals surface area contributed by atoms with Crippen LogP contribution in [0.4, 0.5) is 8.78 Å². The largest absolute Gasteiger partial charge is 0.375 e. The van der Waals surface area contributed by atoms with Crippen LogP contribution in [-0.2, 0) is 15.1 Å². The number of rotatable bonds is 4. The maximum atomic E-state index is 14.7. The molecule has 0 amide bonds. The Bertz CT molecular complexity index is 1120. The summed E-state index contributed by atoms with van der Waals surface area (Å²) in [5.41, 5.74) is 0.220. The second-order valence-electron chi connectivity index (χ2n) is 5.51. The van der Waals surface area contributed by atoms with Crippen LogP contribution in [0.15, 0.2) is 53.7 Å². The van der Waals surface area contributed by atoms with E-state index in [0.29, 0.717) is 16.0 Å². The molecule has 0 saturated heterocycles. The Morgan fingerprint density at radius 3 is 2.38 bits per heavy atom. The average Bonchev–Trinajstić information content (AvgIpc) is 3.03. The molecule has 0 aliphatic carbocycles. The number of aryl methyl sites for hydroxylation is 1. The summed E-state index contributed by atoms with van der Waals surface area (Å²) in [6, 6.07) is 8.29. The third kappa shape index (κ3) is 3.06. The molecule has 0 aliphatic rings. The van der Waals surface area contributed by atoms with Gasteiger partial charge in [0.2, 0.25) is 9.84 Å². The van der Waals surface area contributed by atoms with Gasteiger partial charge in [-0.15, -0.1) is 0 Å². The number of aromatic amines is 1. The second-order valence-corrected chi connectivity index (χ2v) is 8.29. The molecule has 2 aromatic carbocycles. The molecular weight excluding hydrogens is 404 g/mol. The molecule has 0 atom stereocenters. The van der Waals surface area contributed by atoms with Crippen LogP contribution in [0.2, 0.25) is 5.02 Å². The van der Waals surface area contributed by atoms with E-state index < -0.39 is 25.6 Å². The molecular formula is C16H12ClF2N3O2S2. The van der Waals surface area contributed by atoms with E-state index in [1.54, 1.807) is 0 Å². The SMILES string of the molecule is Cc1cc(C(F)(F)S(=O)(=O)c2ccc(-n3cn[nH]c3=S)cc2)ccc1Cl. The summed E-state index contributed by atoms with van der Waals surface area (Å²) in [5, 5.41) is 2.47. The van der Waals surface area contributed by atoms with Gasteiger partial charge in [0.25, 0.3) is 0 Å². The molecule has 26 heavy (non-hydrogen) atoms. The number of hydrogen-bond acceptors (Lipinski definition) is 4. The van der Waals surface area contributed by atoms with Crippen LogP contribution in [0.3, 0.4) is 0 Å². The van der Waals surface area contributed by atoms with Crippen molar-refractivity contribution in [2.45, 2.75) is 17.1 Å². The fourth-order valence-electron chi connectivity index (χ4n) is 2.35. The van der Waals surface area contributed by atoms with Gasteiger partial charge < -0.3 is 0 Å². The van der Waals surface area contributed by atoms with Gasteiger partial charge in [-0.1, -0.05) is 17.7 Å². The van der Waals surface area contributed by atoms with Crippen molar-refractivity contribution in [1.29, 1.82) is 0 Å². The highest BCUT2D eigenvalue weighted by Gasteiger charge is 2.47. The maximum Gasteiger partial charge on any atom is 0.375 e. The van der Waals surface area contributed by atoms with E-state index in [9.17, 15) is 17.2 Å². The van der Waals surface area contributed by atoms with Crippen LogP contribution in [0.25, 0.3) is 5.69 Å². The lowest BCUT2D eigenvalue weighted by molar-refractivity contribution is 0.0905. The van der Waals surface area contributed by atoms with Crippen LogP contribution < -0.4 is 0 Å². The van der Waals surface area contributed by atoms with Crippen molar-refractivity contribution in [2.75, 3.05) is 0 Å². The monoisotopic (exact) mass is 415 g/mol. The highest BCUT2D eigenvalue weighted by Crippen LogP contribution is 2.39. The lowest BCUT2D eigenvalue weighted by Gasteiger charge is -2.18. The Hall–Kier alpha value is -2.10. The summed E-state index contributed by atoms with van der Waals surface area (Å²) >= 11 is 10.8. The number of halogens is 3. The van der Waals surface area contributed by atoms with Crippen LogP contribution in [0.1, 0.15) is 11.1 Å². The summed E-state index contributed by atoms with van der Waals surface area (Å²) < 4.78 is 56.1. The standard InChI is InChI=1S/C16H12ClF2N3O2S2/c1-10-8-11(2-7-14(10)17)16(18,19)26(23,24)13-5-3-12(4-6-13)22-9-20-21-15(22)25/h2-9H,1H3,(H,21,25). The average molecular weight is 416 g/mol. The fourth-order valence-corrected chi connectivity index (χ4v) is 3.90. The van der Waals surface area contributed by atoms with Crippen molar-refractivity contribution in [1.82, 2.24) is 14.8 Å². The lowest BCUT2D eigenvalue weighted by Crippen LogP contribution is -2.26. The molecule has 3 rings (SSSR count). The number of H-pyrrole nitrogens is 1. The highest BCUT2D eigenvalue weighted by molar-refractivity contribution is 7.92. The van der Waals surface area contributed by atoms with Crippen molar-refractivity contribution in [3.05, 3.63) is 69.7 Å². The summed E-state index contributed by atoms with van der Waals surface area (Å²) in [7, 11) is -4.95. The first kappa shape index (κ1) is 18.7. The zero-order chi connectivity index (χ0) is 19.1. The minimum absolute atomic E-state index is 0.281. The molecule has 0 unspecified atom stereocenters. The van der Waals surface area contributed by atoms with Gasteiger partial charge in [0.1, 0.15) is 6.33 Å². The molecule has 0 aliphatic heterocycles. The minimum atomic E-state index is -4.95. The summed E-state index contributed by atoms with van der Waals surface area (Å²) in [5.74, 6) is 0. The summed E-state index contributed by atoms with van der Waals surface area (Å²) in [4.78, 5) is -0.506. The van der Waals surface area contributed by atoms with Gasteiger partial charge in [0.05, 0.1) is 4.90 Å². The highest BCUT2D eigenvalue weighted by atomic mass is 35.5. The van der Waals surface area contributed by atoms with Crippen molar-refractivity contribution in [3.63, 3.8) is 0 Å². The number of nitrogens with one attached hydrogen (secondary N) is 1. The first-order valence-corrected chi connectivity index (χ1v) is 9.53. The molecule has 1 aromatic heterocycles. The van der Waals surface area contributed by atoms with Gasteiger partial charge in [-0.2, -0.15) is 13.9 Å². The molecule has 5 nitrogen and oxygen atoms in total. The topological polar surface area (TPSA) is 67.8 Å². The van der Waals surface area contributed by atoms with Crippen LogP contribution in [0, 0.1) is 11.7 Å². The molecule has 0 radical (unpaired) electrons. The number of alkyl halides is 2. The number of sulfone groups is 1. The van der Waals surface area contributed by atoms with Crippen molar-refractivity contribution in [3.8, 4) is 5.69 Å². The van der Waals surface area contributed by atoms with Gasteiger partial charge in [-0.05, 0) is 61.1 Å². The number of hydrogen-bond donors (Lipinski definition) is 1. The summed E-state index contributed by atoms with van der Waals surface area (Å²) in [6.45, 7) is 1.53. The number of aromatic nitrogens is 3. The first-order valence-electron chi connectivity index (χ1n) is 7.26. The van der Waals surface area contributed by atoms with Gasteiger partial charge in [0.15, 0.2) is 4.77 Å². The van der Waals surface area contributed by atoms with Crippen molar-refractivity contribution < 1.29 is 17.2 Å². The van der Waals surface area contributed by atoms with Crippen LogP contribution >= 0.6 is 23.8 Å². The number of nitrogens with zero attached hydrogens (tertiary/aromatic N) is 2. The van der Waals surface area contributed by atoms with E-state index in [2.05, 4.69) is 10.2 Å². The second kappa shape index (κ2) is 6.57. The molecule has 3 aromatic rings. The smallest absolute Gasteiger partial charge is 0.275 e. The quantitative estimate of drug-likeness (QED) is 0.641. The van der Waals surface area contributed by atoms with Crippen LogP contribution in [-0.4, -0.2) is 23.2 Å². The Morgan fingerprint density at radius 2 is 1.85 bits per heavy atom. The van der Waals surface area contributed by atoms with E-state index in [1.807, 2.05) is 0 Å². The van der Waals surface area contributed by atoms with Gasteiger partial charge in [-0.25, -0.2) is 8.42 Å². The zero-order valence-corrected chi connectivity index (χ0v) is 15.7. The fraction of sp³-hybridized carbons (Fsp3) is 0.125. The minimum Gasteiger partial charge on any atom is -0.275 e. The van der Waals surface area contributed by atoms with Crippen molar-refractivity contribution in [2.24, 2.45) is 0 Å². The predicted octanol–water partition coefficient (Wildman–Crippen LogP) is 4.41. The normalized spacial score (nSPS) is 12.3. The van der Waals surface area contributed by atoms with E-state index >= 15 is 0 Å². The zero-order valence-electron chi connectivity index (χ0n) is 13.3. The van der Waals surface area contributed by atoms with Gasteiger partial charge in [-0.3, -0.25) is 9.67 Å². The molecule has 1 heterocycles. The molecule has 136 valence electrons. The van der Waals surface area contributed by atoms with Gasteiger partial charge >= 0.3 is 5.25 Å². The molecule has 10 heteroatoms. The van der Waals surface area contributed by atoms with E-state index in [1.165, 1.54) is 36.0 Å². The van der Waals surface area contributed by atoms with E-state index in [0.717, 1.165) is 24.3 Å². The molecule has 0 spiro atoms. The Morgan fingerprint density at radius 1 is 1.19 bits per heavy atom. The third-order valence-electron chi connectivity index (χ3n) is 3.81. The van der Waals surface area contributed by atoms with Crippen LogP contribution in [0.5, 0.6) is 0 Å². The number of benzene rings is 2. The summed E-state index contributed by atoms with van der Waals surface area (Å²) in [6.07, 6.45) is 1.40. The molecule has 0 fully saturated rings. The first-order chi connectivity index (χ1) is 12.1. The Kier molecular flexibility index (Phi) is 4.72. The Labute approximate surface area is 158 Å². The molecule has 0 bridgehead atoms. The predicted molar refractivity (Wildman–Crippen MR) is 96.0 cm³/mol.